The monoisotopic (exact) mass is 287 g/mol. The first-order chi connectivity index (χ1) is 9.65. The summed E-state index contributed by atoms with van der Waals surface area (Å²) in [5.41, 5.74) is 0.310. The molecule has 0 N–H and O–H groups in total. The largest absolute Gasteiger partial charge is 0.358 e. The molecule has 1 saturated heterocycles. The van der Waals surface area contributed by atoms with Crippen LogP contribution < -0.4 is 4.90 Å². The van der Waals surface area contributed by atoms with E-state index in [9.17, 15) is 13.2 Å². The lowest BCUT2D eigenvalue weighted by Gasteiger charge is -2.39. The van der Waals surface area contributed by atoms with Crippen LogP contribution in [0.4, 0.5) is 18.9 Å². The van der Waals surface area contributed by atoms with Gasteiger partial charge >= 0.3 is 0 Å². The highest BCUT2D eigenvalue weighted by atomic mass is 19.1. The van der Waals surface area contributed by atoms with Gasteiger partial charge in [-0.3, -0.25) is 4.39 Å². The number of alkyl halides is 1. The maximum Gasteiger partial charge on any atom is 0.149 e. The van der Waals surface area contributed by atoms with Gasteiger partial charge in [0.25, 0.3) is 0 Å². The Hall–Kier alpha value is -1.23. The van der Waals surface area contributed by atoms with Crippen LogP contribution in [0.1, 0.15) is 26.2 Å². The highest BCUT2D eigenvalue weighted by Crippen LogP contribution is 2.29. The molecule has 0 bridgehead atoms. The maximum absolute atomic E-state index is 13.8. The number of hydrogen-bond donors (Lipinski definition) is 0. The Balaban J connectivity index is 2.11. The van der Waals surface area contributed by atoms with Crippen LogP contribution in [0.5, 0.6) is 0 Å². The Labute approximate surface area is 117 Å². The third-order valence-electron chi connectivity index (χ3n) is 3.73. The van der Waals surface area contributed by atoms with E-state index >= 15 is 0 Å². The lowest BCUT2D eigenvalue weighted by molar-refractivity contribution is -0.0242. The fraction of sp³-hybridized carbons (Fsp3) is 0.600. The zero-order valence-corrected chi connectivity index (χ0v) is 11.6. The Morgan fingerprint density at radius 1 is 1.30 bits per heavy atom. The lowest BCUT2D eigenvalue weighted by atomic mass is 9.93. The fourth-order valence-corrected chi connectivity index (χ4v) is 2.70. The molecule has 2 atom stereocenters. The highest BCUT2D eigenvalue weighted by Gasteiger charge is 2.30. The van der Waals surface area contributed by atoms with Crippen molar-refractivity contribution in [3.8, 4) is 0 Å². The van der Waals surface area contributed by atoms with Gasteiger partial charge in [0.1, 0.15) is 18.4 Å². The average molecular weight is 287 g/mol. The summed E-state index contributed by atoms with van der Waals surface area (Å²) in [5.74, 6) is -1.17. The third-order valence-corrected chi connectivity index (χ3v) is 3.73. The minimum atomic E-state index is -0.610. The van der Waals surface area contributed by atoms with E-state index in [0.717, 1.165) is 18.9 Å². The molecule has 2 rings (SSSR count). The van der Waals surface area contributed by atoms with Crippen molar-refractivity contribution in [2.24, 2.45) is 5.92 Å². The Bertz CT molecular complexity index is 441. The highest BCUT2D eigenvalue weighted by molar-refractivity contribution is 5.47. The number of hydrogen-bond acceptors (Lipinski definition) is 2. The normalized spacial score (nSPS) is 23.1. The van der Waals surface area contributed by atoms with Gasteiger partial charge < -0.3 is 9.64 Å². The number of nitrogens with zero attached hydrogens (tertiary/aromatic N) is 1. The molecule has 0 radical (unpaired) electrons. The average Bonchev–Trinajstić information content (AvgIpc) is 2.41. The van der Waals surface area contributed by atoms with Crippen LogP contribution in [0.2, 0.25) is 0 Å². The summed E-state index contributed by atoms with van der Waals surface area (Å²) in [5, 5.41) is 0. The lowest BCUT2D eigenvalue weighted by Crippen LogP contribution is -2.45. The number of rotatable bonds is 5. The van der Waals surface area contributed by atoms with Crippen LogP contribution in [0.25, 0.3) is 0 Å². The predicted octanol–water partition coefficient (Wildman–Crippen LogP) is 3.90. The molecular formula is C15H20F3NO. The Kier molecular flexibility index (Phi) is 5.29. The van der Waals surface area contributed by atoms with E-state index in [0.29, 0.717) is 18.7 Å². The first-order valence-corrected chi connectivity index (χ1v) is 7.03. The second-order valence-corrected chi connectivity index (χ2v) is 5.18. The molecule has 0 aliphatic carbocycles. The molecule has 1 fully saturated rings. The van der Waals surface area contributed by atoms with Gasteiger partial charge in [-0.1, -0.05) is 13.3 Å². The SMILES string of the molecule is CCCC1OCN(c2ccc(F)cc2F)CC1CCF. The predicted molar refractivity (Wildman–Crippen MR) is 72.4 cm³/mol. The van der Waals surface area contributed by atoms with Crippen molar-refractivity contribution in [1.82, 2.24) is 0 Å². The van der Waals surface area contributed by atoms with Crippen molar-refractivity contribution >= 4 is 5.69 Å². The van der Waals surface area contributed by atoms with Crippen LogP contribution in [-0.2, 0) is 4.74 Å². The molecule has 1 heterocycles. The van der Waals surface area contributed by atoms with Crippen molar-refractivity contribution in [3.05, 3.63) is 29.8 Å². The molecule has 112 valence electrons. The molecule has 0 saturated carbocycles. The zero-order chi connectivity index (χ0) is 14.5. The molecule has 0 spiro atoms. The second-order valence-electron chi connectivity index (χ2n) is 5.18. The van der Waals surface area contributed by atoms with Gasteiger partial charge in [-0.15, -0.1) is 0 Å². The van der Waals surface area contributed by atoms with Gasteiger partial charge in [-0.25, -0.2) is 8.78 Å². The topological polar surface area (TPSA) is 12.5 Å². The van der Waals surface area contributed by atoms with Gasteiger partial charge in [-0.2, -0.15) is 0 Å². The summed E-state index contributed by atoms with van der Waals surface area (Å²) < 4.78 is 45.1. The summed E-state index contributed by atoms with van der Waals surface area (Å²) in [6.45, 7) is 2.45. The molecule has 2 nitrogen and oxygen atoms in total. The minimum Gasteiger partial charge on any atom is -0.358 e. The summed E-state index contributed by atoms with van der Waals surface area (Å²) in [7, 11) is 0. The summed E-state index contributed by atoms with van der Waals surface area (Å²) in [6, 6.07) is 3.49. The smallest absolute Gasteiger partial charge is 0.149 e. The van der Waals surface area contributed by atoms with Crippen LogP contribution in [-0.4, -0.2) is 26.1 Å². The quantitative estimate of drug-likeness (QED) is 0.814. The summed E-state index contributed by atoms with van der Waals surface area (Å²) in [4.78, 5) is 1.71. The van der Waals surface area contributed by atoms with E-state index < -0.39 is 18.3 Å². The van der Waals surface area contributed by atoms with Crippen molar-refractivity contribution in [2.75, 3.05) is 24.9 Å². The molecule has 0 aromatic heterocycles. The van der Waals surface area contributed by atoms with Gasteiger partial charge in [0.15, 0.2) is 0 Å². The second kappa shape index (κ2) is 6.97. The zero-order valence-electron chi connectivity index (χ0n) is 11.6. The Morgan fingerprint density at radius 3 is 2.75 bits per heavy atom. The molecule has 0 amide bonds. The van der Waals surface area contributed by atoms with E-state index in [1.54, 1.807) is 4.90 Å². The van der Waals surface area contributed by atoms with E-state index in [1.807, 2.05) is 0 Å². The number of benzene rings is 1. The molecule has 20 heavy (non-hydrogen) atoms. The molecule has 1 aliphatic heterocycles. The van der Waals surface area contributed by atoms with Gasteiger partial charge in [0, 0.05) is 18.5 Å². The van der Waals surface area contributed by atoms with Crippen molar-refractivity contribution < 1.29 is 17.9 Å². The molecule has 1 aliphatic rings. The van der Waals surface area contributed by atoms with Crippen LogP contribution in [0.15, 0.2) is 18.2 Å². The molecule has 1 aromatic rings. The molecule has 1 aromatic carbocycles. The standard InChI is InChI=1S/C15H20F3NO/c1-2-3-15-11(6-7-16)9-19(10-20-15)14-5-4-12(17)8-13(14)18/h4-5,8,11,15H,2-3,6-7,9-10H2,1H3. The van der Waals surface area contributed by atoms with E-state index in [2.05, 4.69) is 6.92 Å². The summed E-state index contributed by atoms with van der Waals surface area (Å²) in [6.07, 6.45) is 2.28. The van der Waals surface area contributed by atoms with Crippen LogP contribution >= 0.6 is 0 Å². The summed E-state index contributed by atoms with van der Waals surface area (Å²) >= 11 is 0. The van der Waals surface area contributed by atoms with Crippen LogP contribution in [0.3, 0.4) is 0 Å². The maximum atomic E-state index is 13.8. The van der Waals surface area contributed by atoms with Crippen LogP contribution in [0, 0.1) is 17.6 Å². The van der Waals surface area contributed by atoms with Gasteiger partial charge in [0.2, 0.25) is 0 Å². The number of halogens is 3. The fourth-order valence-electron chi connectivity index (χ4n) is 2.70. The van der Waals surface area contributed by atoms with E-state index in [1.165, 1.54) is 12.1 Å². The molecular weight excluding hydrogens is 267 g/mol. The molecule has 5 heteroatoms. The minimum absolute atomic E-state index is 0.0236. The number of anilines is 1. The van der Waals surface area contributed by atoms with Gasteiger partial charge in [0.05, 0.1) is 18.5 Å². The van der Waals surface area contributed by atoms with E-state index in [-0.39, 0.29) is 18.8 Å². The van der Waals surface area contributed by atoms with E-state index in [4.69, 9.17) is 4.74 Å². The van der Waals surface area contributed by atoms with Gasteiger partial charge in [-0.05, 0) is 25.0 Å². The molecule has 2 unspecified atom stereocenters. The Morgan fingerprint density at radius 2 is 2.10 bits per heavy atom. The third kappa shape index (κ3) is 3.45. The van der Waals surface area contributed by atoms with Crippen molar-refractivity contribution in [2.45, 2.75) is 32.3 Å². The van der Waals surface area contributed by atoms with Crippen molar-refractivity contribution in [1.29, 1.82) is 0 Å². The van der Waals surface area contributed by atoms with Crippen molar-refractivity contribution in [3.63, 3.8) is 0 Å². The first kappa shape index (κ1) is 15.2. The number of ether oxygens (including phenoxy) is 1. The first-order valence-electron chi connectivity index (χ1n) is 7.03.